The number of nitrogens with two attached hydrogens (primary N) is 1. The molecule has 3 N–H and O–H groups in total. The Bertz CT molecular complexity index is 653. The average molecular weight is 295 g/mol. The molecule has 0 aliphatic rings. The lowest BCUT2D eigenvalue weighted by atomic mass is 10.2. The van der Waals surface area contributed by atoms with Crippen LogP contribution in [0.15, 0.2) is 30.5 Å². The van der Waals surface area contributed by atoms with Gasteiger partial charge in [-0.1, -0.05) is 29.9 Å². The lowest BCUT2D eigenvalue weighted by Crippen LogP contribution is -2.18. The van der Waals surface area contributed by atoms with E-state index in [0.717, 1.165) is 0 Å². The van der Waals surface area contributed by atoms with Gasteiger partial charge in [0.2, 0.25) is 0 Å². The second-order valence-electron chi connectivity index (χ2n) is 3.86. The number of thiocarbonyl (C=S) groups is 1. The number of carbonyl (C=O) groups is 1. The van der Waals surface area contributed by atoms with Gasteiger partial charge in [0, 0.05) is 17.6 Å². The number of hydrogen-bond donors (Lipinski definition) is 2. The topological polar surface area (TPSA) is 72.9 Å². The highest BCUT2D eigenvalue weighted by Gasteiger charge is 2.15. The molecule has 19 heavy (non-hydrogen) atoms. The summed E-state index contributed by atoms with van der Waals surface area (Å²) in [5.74, 6) is 0.154. The summed E-state index contributed by atoms with van der Waals surface area (Å²) in [6.45, 7) is 0. The van der Waals surface area contributed by atoms with Crippen molar-refractivity contribution in [3.8, 4) is 0 Å². The summed E-state index contributed by atoms with van der Waals surface area (Å²) < 4.78 is 1.50. The highest BCUT2D eigenvalue weighted by Crippen LogP contribution is 2.16. The van der Waals surface area contributed by atoms with E-state index >= 15 is 0 Å². The molecule has 1 heterocycles. The number of rotatable bonds is 3. The first-order valence-corrected chi connectivity index (χ1v) is 6.16. The number of carbonyl (C=O) groups excluding carboxylic acids is 1. The Balaban J connectivity index is 2.29. The van der Waals surface area contributed by atoms with Gasteiger partial charge in [0.05, 0.1) is 11.8 Å². The SMILES string of the molecule is Cn1ncc(C(N)=S)c1NC(=O)c1cccc(Cl)c1. The molecule has 5 nitrogen and oxygen atoms in total. The van der Waals surface area contributed by atoms with Crippen molar-refractivity contribution in [1.29, 1.82) is 0 Å². The number of halogens is 1. The van der Waals surface area contributed by atoms with Crippen LogP contribution < -0.4 is 11.1 Å². The maximum Gasteiger partial charge on any atom is 0.256 e. The molecular weight excluding hydrogens is 284 g/mol. The van der Waals surface area contributed by atoms with Crippen molar-refractivity contribution in [1.82, 2.24) is 9.78 Å². The molecular formula is C12H11ClN4OS. The van der Waals surface area contributed by atoms with E-state index in [1.165, 1.54) is 10.9 Å². The monoisotopic (exact) mass is 294 g/mol. The number of hydrogen-bond acceptors (Lipinski definition) is 3. The van der Waals surface area contributed by atoms with Crippen LogP contribution in [0, 0.1) is 0 Å². The third-order valence-electron chi connectivity index (χ3n) is 2.52. The number of nitrogens with one attached hydrogen (secondary N) is 1. The molecule has 2 rings (SSSR count). The van der Waals surface area contributed by atoms with Crippen LogP contribution in [0.3, 0.4) is 0 Å². The lowest BCUT2D eigenvalue weighted by molar-refractivity contribution is 0.102. The van der Waals surface area contributed by atoms with E-state index in [2.05, 4.69) is 10.4 Å². The van der Waals surface area contributed by atoms with Crippen molar-refractivity contribution in [2.75, 3.05) is 5.32 Å². The molecule has 0 fully saturated rings. The Morgan fingerprint density at radius 2 is 2.26 bits per heavy atom. The maximum absolute atomic E-state index is 12.1. The largest absolute Gasteiger partial charge is 0.389 e. The number of nitrogens with zero attached hydrogens (tertiary/aromatic N) is 2. The van der Waals surface area contributed by atoms with Crippen molar-refractivity contribution in [3.63, 3.8) is 0 Å². The summed E-state index contributed by atoms with van der Waals surface area (Å²) in [6.07, 6.45) is 1.51. The van der Waals surface area contributed by atoms with Crippen LogP contribution >= 0.6 is 23.8 Å². The highest BCUT2D eigenvalue weighted by molar-refractivity contribution is 7.80. The normalized spacial score (nSPS) is 10.2. The zero-order valence-electron chi connectivity index (χ0n) is 10.1. The molecule has 0 radical (unpaired) electrons. The summed E-state index contributed by atoms with van der Waals surface area (Å²) in [6, 6.07) is 6.64. The molecule has 0 aliphatic heterocycles. The van der Waals surface area contributed by atoms with Gasteiger partial charge in [-0.15, -0.1) is 0 Å². The molecule has 1 amide bonds. The Hall–Kier alpha value is -1.92. The van der Waals surface area contributed by atoms with E-state index < -0.39 is 0 Å². The van der Waals surface area contributed by atoms with Crippen LogP contribution in [0.25, 0.3) is 0 Å². The Kier molecular flexibility index (Phi) is 3.82. The second kappa shape index (κ2) is 5.38. The van der Waals surface area contributed by atoms with Crippen molar-refractivity contribution in [2.45, 2.75) is 0 Å². The Labute approximate surface area is 120 Å². The third kappa shape index (κ3) is 2.91. The van der Waals surface area contributed by atoms with E-state index in [1.54, 1.807) is 31.3 Å². The molecule has 0 bridgehead atoms. The standard InChI is InChI=1S/C12H11ClN4OS/c1-17-11(9(6-15-17)10(14)19)16-12(18)7-3-2-4-8(13)5-7/h2-6H,1H3,(H2,14,19)(H,16,18). The number of benzene rings is 1. The van der Waals surface area contributed by atoms with Gasteiger partial charge in [0.25, 0.3) is 5.91 Å². The zero-order chi connectivity index (χ0) is 14.0. The van der Waals surface area contributed by atoms with Crippen molar-refractivity contribution >= 4 is 40.5 Å². The quantitative estimate of drug-likeness (QED) is 0.849. The van der Waals surface area contributed by atoms with Crippen molar-refractivity contribution in [3.05, 3.63) is 46.6 Å². The summed E-state index contributed by atoms with van der Waals surface area (Å²) in [5.41, 5.74) is 6.54. The van der Waals surface area contributed by atoms with Gasteiger partial charge in [0.1, 0.15) is 10.8 Å². The minimum absolute atomic E-state index is 0.175. The summed E-state index contributed by atoms with van der Waals surface area (Å²) >= 11 is 10.8. The van der Waals surface area contributed by atoms with Gasteiger partial charge in [-0.3, -0.25) is 9.48 Å². The van der Waals surface area contributed by atoms with Crippen LogP contribution in [0.5, 0.6) is 0 Å². The first-order valence-electron chi connectivity index (χ1n) is 5.37. The van der Waals surface area contributed by atoms with Crippen molar-refractivity contribution < 1.29 is 4.79 Å². The maximum atomic E-state index is 12.1. The number of aromatic nitrogens is 2. The Morgan fingerprint density at radius 1 is 1.53 bits per heavy atom. The van der Waals surface area contributed by atoms with Gasteiger partial charge < -0.3 is 11.1 Å². The van der Waals surface area contributed by atoms with E-state index in [-0.39, 0.29) is 10.9 Å². The van der Waals surface area contributed by atoms with E-state index in [4.69, 9.17) is 29.6 Å². The van der Waals surface area contributed by atoms with Crippen LogP contribution in [-0.2, 0) is 7.05 Å². The van der Waals surface area contributed by atoms with E-state index in [9.17, 15) is 4.79 Å². The molecule has 0 saturated heterocycles. The summed E-state index contributed by atoms with van der Waals surface area (Å²) in [7, 11) is 1.69. The molecule has 1 aromatic carbocycles. The molecule has 0 saturated carbocycles. The fraction of sp³-hybridized carbons (Fsp3) is 0.0833. The smallest absolute Gasteiger partial charge is 0.256 e. The van der Waals surface area contributed by atoms with Gasteiger partial charge in [-0.2, -0.15) is 5.10 Å². The fourth-order valence-electron chi connectivity index (χ4n) is 1.58. The molecule has 0 unspecified atom stereocenters. The molecule has 98 valence electrons. The van der Waals surface area contributed by atoms with Gasteiger partial charge in [-0.25, -0.2) is 0 Å². The zero-order valence-corrected chi connectivity index (χ0v) is 11.6. The third-order valence-corrected chi connectivity index (χ3v) is 2.98. The van der Waals surface area contributed by atoms with E-state index in [0.29, 0.717) is 22.0 Å². The molecule has 0 aliphatic carbocycles. The van der Waals surface area contributed by atoms with Crippen LogP contribution in [0.4, 0.5) is 5.82 Å². The first-order chi connectivity index (χ1) is 8.99. The Morgan fingerprint density at radius 3 is 2.89 bits per heavy atom. The fourth-order valence-corrected chi connectivity index (χ4v) is 1.92. The second-order valence-corrected chi connectivity index (χ2v) is 4.74. The molecule has 2 aromatic rings. The minimum atomic E-state index is -0.302. The number of aryl methyl sites for hydroxylation is 1. The van der Waals surface area contributed by atoms with Crippen molar-refractivity contribution in [2.24, 2.45) is 12.8 Å². The molecule has 1 aromatic heterocycles. The summed E-state index contributed by atoms with van der Waals surface area (Å²) in [5, 5.41) is 7.22. The summed E-state index contributed by atoms with van der Waals surface area (Å²) in [4.78, 5) is 12.3. The van der Waals surface area contributed by atoms with E-state index in [1.807, 2.05) is 0 Å². The first kappa shape index (κ1) is 13.5. The average Bonchev–Trinajstić information content (AvgIpc) is 2.71. The van der Waals surface area contributed by atoms with Crippen LogP contribution in [0.1, 0.15) is 15.9 Å². The predicted molar refractivity (Wildman–Crippen MR) is 78.5 cm³/mol. The highest BCUT2D eigenvalue weighted by atomic mass is 35.5. The van der Waals surface area contributed by atoms with Crippen LogP contribution in [0.2, 0.25) is 5.02 Å². The van der Waals surface area contributed by atoms with Gasteiger partial charge in [0.15, 0.2) is 0 Å². The molecule has 0 spiro atoms. The number of amides is 1. The van der Waals surface area contributed by atoms with Gasteiger partial charge >= 0.3 is 0 Å². The van der Waals surface area contributed by atoms with Crippen LogP contribution in [-0.4, -0.2) is 20.7 Å². The minimum Gasteiger partial charge on any atom is -0.389 e. The predicted octanol–water partition coefficient (Wildman–Crippen LogP) is 1.96. The molecule has 7 heteroatoms. The van der Waals surface area contributed by atoms with Gasteiger partial charge in [-0.05, 0) is 18.2 Å². The lowest BCUT2D eigenvalue weighted by Gasteiger charge is -2.08. The molecule has 0 atom stereocenters. The number of anilines is 1.